The first-order chi connectivity index (χ1) is 9.55. The molecule has 2 rings (SSSR count). The number of aliphatic hydroxyl groups excluding tert-OH is 1. The van der Waals surface area contributed by atoms with Crippen molar-refractivity contribution in [3.05, 3.63) is 11.3 Å². The Hall–Kier alpha value is -1.07. The summed E-state index contributed by atoms with van der Waals surface area (Å²) in [6.07, 6.45) is 6.08. The highest BCUT2D eigenvalue weighted by molar-refractivity contribution is 5.34. The molecule has 1 aromatic rings. The normalized spacial score (nSPS) is 20.4. The van der Waals surface area contributed by atoms with Crippen molar-refractivity contribution < 1.29 is 9.84 Å². The first kappa shape index (κ1) is 15.3. The maximum absolute atomic E-state index is 11.0. The standard InChI is InChI=1S/C15H27N3O2/c1-11-12(14(20-3)18(2)17-11)13(19)15(10-16)8-6-4-5-7-9-15/h13,19H,4-10,16H2,1-3H3. The first-order valence-corrected chi connectivity index (χ1v) is 7.51. The summed E-state index contributed by atoms with van der Waals surface area (Å²) >= 11 is 0. The molecule has 114 valence electrons. The summed E-state index contributed by atoms with van der Waals surface area (Å²) in [5.74, 6) is 0.645. The molecule has 1 aromatic heterocycles. The minimum Gasteiger partial charge on any atom is -0.481 e. The van der Waals surface area contributed by atoms with Crippen LogP contribution in [0.2, 0.25) is 0 Å². The van der Waals surface area contributed by atoms with E-state index in [2.05, 4.69) is 5.10 Å². The van der Waals surface area contributed by atoms with Crippen LogP contribution in [0.4, 0.5) is 0 Å². The molecule has 3 N–H and O–H groups in total. The summed E-state index contributed by atoms with van der Waals surface area (Å²) in [6, 6.07) is 0. The number of ether oxygens (including phenoxy) is 1. The molecule has 0 saturated heterocycles. The van der Waals surface area contributed by atoms with E-state index < -0.39 is 6.10 Å². The molecule has 5 heteroatoms. The maximum atomic E-state index is 11.0. The number of nitrogens with two attached hydrogens (primary N) is 1. The van der Waals surface area contributed by atoms with Crippen LogP contribution < -0.4 is 10.5 Å². The minimum absolute atomic E-state index is 0.239. The molecule has 1 heterocycles. The van der Waals surface area contributed by atoms with Crippen molar-refractivity contribution in [3.8, 4) is 5.88 Å². The van der Waals surface area contributed by atoms with Crippen LogP contribution in [0.1, 0.15) is 55.9 Å². The van der Waals surface area contributed by atoms with Crippen LogP contribution >= 0.6 is 0 Å². The molecule has 1 saturated carbocycles. The zero-order chi connectivity index (χ0) is 14.8. The molecule has 1 unspecified atom stereocenters. The number of aromatic nitrogens is 2. The summed E-state index contributed by atoms with van der Waals surface area (Å²) < 4.78 is 7.12. The quantitative estimate of drug-likeness (QED) is 0.829. The zero-order valence-electron chi connectivity index (χ0n) is 12.9. The Bertz CT molecular complexity index is 448. The second-order valence-electron chi connectivity index (χ2n) is 6.02. The Morgan fingerprint density at radius 2 is 1.95 bits per heavy atom. The number of hydrogen-bond acceptors (Lipinski definition) is 4. The Morgan fingerprint density at radius 1 is 1.35 bits per heavy atom. The van der Waals surface area contributed by atoms with Crippen molar-refractivity contribution in [1.29, 1.82) is 0 Å². The summed E-state index contributed by atoms with van der Waals surface area (Å²) in [5.41, 5.74) is 7.46. The van der Waals surface area contributed by atoms with Gasteiger partial charge in [-0.2, -0.15) is 5.10 Å². The van der Waals surface area contributed by atoms with Gasteiger partial charge in [0.15, 0.2) is 0 Å². The van der Waals surface area contributed by atoms with Gasteiger partial charge in [-0.15, -0.1) is 0 Å². The van der Waals surface area contributed by atoms with Gasteiger partial charge in [0.1, 0.15) is 0 Å². The largest absolute Gasteiger partial charge is 0.481 e. The van der Waals surface area contributed by atoms with E-state index >= 15 is 0 Å². The third-order valence-electron chi connectivity index (χ3n) is 4.77. The van der Waals surface area contributed by atoms with Gasteiger partial charge in [-0.05, 0) is 19.8 Å². The average Bonchev–Trinajstić information content (AvgIpc) is 2.62. The second-order valence-corrected chi connectivity index (χ2v) is 6.02. The highest BCUT2D eigenvalue weighted by Crippen LogP contribution is 2.47. The third-order valence-corrected chi connectivity index (χ3v) is 4.77. The molecule has 0 spiro atoms. The molecular weight excluding hydrogens is 254 g/mol. The second kappa shape index (κ2) is 6.14. The van der Waals surface area contributed by atoms with Gasteiger partial charge < -0.3 is 15.6 Å². The average molecular weight is 281 g/mol. The molecule has 0 bridgehead atoms. The SMILES string of the molecule is COc1c(C(O)C2(CN)CCCCCC2)c(C)nn1C. The van der Waals surface area contributed by atoms with E-state index in [4.69, 9.17) is 10.5 Å². The fraction of sp³-hybridized carbons (Fsp3) is 0.800. The highest BCUT2D eigenvalue weighted by Gasteiger charge is 2.41. The van der Waals surface area contributed by atoms with Gasteiger partial charge in [-0.25, -0.2) is 4.68 Å². The third kappa shape index (κ3) is 2.56. The summed E-state index contributed by atoms with van der Waals surface area (Å²) in [7, 11) is 3.46. The van der Waals surface area contributed by atoms with Gasteiger partial charge in [0.05, 0.1) is 24.5 Å². The van der Waals surface area contributed by atoms with Crippen molar-refractivity contribution in [3.63, 3.8) is 0 Å². The van der Waals surface area contributed by atoms with Crippen molar-refractivity contribution >= 4 is 0 Å². The number of aryl methyl sites for hydroxylation is 2. The number of aliphatic hydroxyl groups is 1. The first-order valence-electron chi connectivity index (χ1n) is 7.51. The predicted octanol–water partition coefficient (Wildman–Crippen LogP) is 2.07. The summed E-state index contributed by atoms with van der Waals surface area (Å²) in [5, 5.41) is 15.4. The van der Waals surface area contributed by atoms with Crippen molar-refractivity contribution in [1.82, 2.24) is 9.78 Å². The molecule has 1 atom stereocenters. The topological polar surface area (TPSA) is 73.3 Å². The van der Waals surface area contributed by atoms with E-state index in [1.807, 2.05) is 14.0 Å². The smallest absolute Gasteiger partial charge is 0.217 e. The molecule has 0 amide bonds. The van der Waals surface area contributed by atoms with Gasteiger partial charge in [0, 0.05) is 19.0 Å². The van der Waals surface area contributed by atoms with Crippen LogP contribution in [0.5, 0.6) is 5.88 Å². The van der Waals surface area contributed by atoms with E-state index in [0.717, 1.165) is 36.9 Å². The van der Waals surface area contributed by atoms with Crippen molar-refractivity contribution in [2.75, 3.05) is 13.7 Å². The molecule has 0 aliphatic heterocycles. The molecule has 1 aliphatic rings. The molecule has 0 aromatic carbocycles. The number of nitrogens with zero attached hydrogens (tertiary/aromatic N) is 2. The molecule has 5 nitrogen and oxygen atoms in total. The summed E-state index contributed by atoms with van der Waals surface area (Å²) in [6.45, 7) is 2.42. The van der Waals surface area contributed by atoms with Crippen LogP contribution in [0.15, 0.2) is 0 Å². The molecule has 1 aliphatic carbocycles. The fourth-order valence-corrected chi connectivity index (χ4v) is 3.54. The van der Waals surface area contributed by atoms with Crippen LogP contribution in [0.25, 0.3) is 0 Å². The maximum Gasteiger partial charge on any atom is 0.217 e. The highest BCUT2D eigenvalue weighted by atomic mass is 16.5. The van der Waals surface area contributed by atoms with E-state index in [9.17, 15) is 5.11 Å². The lowest BCUT2D eigenvalue weighted by Gasteiger charge is -2.36. The number of rotatable bonds is 4. The van der Waals surface area contributed by atoms with Crippen molar-refractivity contribution in [2.24, 2.45) is 18.2 Å². The lowest BCUT2D eigenvalue weighted by molar-refractivity contribution is 0.0144. The Labute approximate surface area is 121 Å². The minimum atomic E-state index is -0.603. The lowest BCUT2D eigenvalue weighted by Crippen LogP contribution is -2.36. The van der Waals surface area contributed by atoms with Crippen LogP contribution in [-0.2, 0) is 7.05 Å². The van der Waals surface area contributed by atoms with E-state index in [1.165, 1.54) is 12.8 Å². The molecule has 20 heavy (non-hydrogen) atoms. The Morgan fingerprint density at radius 3 is 2.45 bits per heavy atom. The van der Waals surface area contributed by atoms with Crippen LogP contribution in [-0.4, -0.2) is 28.5 Å². The Balaban J connectivity index is 2.39. The van der Waals surface area contributed by atoms with E-state index in [1.54, 1.807) is 11.8 Å². The molecule has 0 radical (unpaired) electrons. The van der Waals surface area contributed by atoms with Gasteiger partial charge >= 0.3 is 0 Å². The van der Waals surface area contributed by atoms with Crippen molar-refractivity contribution in [2.45, 2.75) is 51.6 Å². The Kier molecular flexibility index (Phi) is 4.70. The van der Waals surface area contributed by atoms with E-state index in [-0.39, 0.29) is 5.41 Å². The van der Waals surface area contributed by atoms with Gasteiger partial charge in [-0.3, -0.25) is 0 Å². The monoisotopic (exact) mass is 281 g/mol. The summed E-state index contributed by atoms with van der Waals surface area (Å²) in [4.78, 5) is 0. The van der Waals surface area contributed by atoms with Gasteiger partial charge in [-0.1, -0.05) is 25.7 Å². The van der Waals surface area contributed by atoms with Crippen LogP contribution in [0, 0.1) is 12.3 Å². The van der Waals surface area contributed by atoms with Gasteiger partial charge in [0.25, 0.3) is 0 Å². The van der Waals surface area contributed by atoms with E-state index in [0.29, 0.717) is 12.4 Å². The van der Waals surface area contributed by atoms with Crippen LogP contribution in [0.3, 0.4) is 0 Å². The molecule has 1 fully saturated rings. The predicted molar refractivity (Wildman–Crippen MR) is 78.6 cm³/mol. The lowest BCUT2D eigenvalue weighted by atomic mass is 9.73. The van der Waals surface area contributed by atoms with Gasteiger partial charge in [0.2, 0.25) is 5.88 Å². The zero-order valence-corrected chi connectivity index (χ0v) is 12.9. The molecular formula is C15H27N3O2. The number of hydrogen-bond donors (Lipinski definition) is 2. The fourth-order valence-electron chi connectivity index (χ4n) is 3.54. The number of methoxy groups -OCH3 is 1.